The number of hydrogen-bond donors (Lipinski definition) is 0. The molecule has 0 bridgehead atoms. The van der Waals surface area contributed by atoms with E-state index >= 15 is 0 Å². The molecular weight excluding hydrogens is 196 g/mol. The lowest BCUT2D eigenvalue weighted by atomic mass is 10.1. The minimum absolute atomic E-state index is 0.215. The maximum Gasteiger partial charge on any atom is 0.0822 e. The van der Waals surface area contributed by atoms with Crippen molar-refractivity contribution in [2.24, 2.45) is 0 Å². The van der Waals surface area contributed by atoms with Crippen LogP contribution in [0.5, 0.6) is 0 Å². The zero-order chi connectivity index (χ0) is 10.4. The van der Waals surface area contributed by atoms with Gasteiger partial charge in [-0.2, -0.15) is 0 Å². The van der Waals surface area contributed by atoms with Gasteiger partial charge in [-0.1, -0.05) is 37.6 Å². The van der Waals surface area contributed by atoms with E-state index in [-0.39, 0.29) is 6.10 Å². The van der Waals surface area contributed by atoms with Crippen molar-refractivity contribution < 1.29 is 4.74 Å². The van der Waals surface area contributed by atoms with Crippen LogP contribution >= 0.6 is 11.6 Å². The van der Waals surface area contributed by atoms with E-state index in [1.54, 1.807) is 0 Å². The molecule has 0 radical (unpaired) electrons. The van der Waals surface area contributed by atoms with E-state index in [4.69, 9.17) is 16.3 Å². The number of rotatable bonds is 5. The summed E-state index contributed by atoms with van der Waals surface area (Å²) in [6.07, 6.45) is 2.28. The van der Waals surface area contributed by atoms with E-state index in [9.17, 15) is 0 Å². The first kappa shape index (κ1) is 11.5. The van der Waals surface area contributed by atoms with Gasteiger partial charge in [0.2, 0.25) is 0 Å². The zero-order valence-corrected chi connectivity index (χ0v) is 9.55. The van der Waals surface area contributed by atoms with Crippen LogP contribution in [-0.2, 0) is 4.74 Å². The Morgan fingerprint density at radius 3 is 2.36 bits per heavy atom. The lowest BCUT2D eigenvalue weighted by molar-refractivity contribution is 0.0504. The summed E-state index contributed by atoms with van der Waals surface area (Å²) in [5.74, 6) is 0. The van der Waals surface area contributed by atoms with Gasteiger partial charge in [0.25, 0.3) is 0 Å². The first-order valence-corrected chi connectivity index (χ1v) is 5.52. The van der Waals surface area contributed by atoms with Gasteiger partial charge in [0.15, 0.2) is 0 Å². The molecule has 1 atom stereocenters. The summed E-state index contributed by atoms with van der Waals surface area (Å²) in [5, 5.41) is 0.777. The second-order valence-electron chi connectivity index (χ2n) is 3.32. The fourth-order valence-corrected chi connectivity index (χ4v) is 1.51. The Labute approximate surface area is 91.0 Å². The summed E-state index contributed by atoms with van der Waals surface area (Å²) >= 11 is 5.82. The Morgan fingerprint density at radius 2 is 1.86 bits per heavy atom. The van der Waals surface area contributed by atoms with Crippen LogP contribution in [0, 0.1) is 0 Å². The van der Waals surface area contributed by atoms with Crippen molar-refractivity contribution in [1.82, 2.24) is 0 Å². The highest BCUT2D eigenvalue weighted by atomic mass is 35.5. The number of hydrogen-bond acceptors (Lipinski definition) is 1. The molecule has 2 heteroatoms. The van der Waals surface area contributed by atoms with Gasteiger partial charge in [-0.05, 0) is 30.5 Å². The molecule has 0 saturated heterocycles. The molecule has 1 unspecified atom stereocenters. The molecule has 1 rings (SSSR count). The first-order chi connectivity index (χ1) is 6.77. The third-order valence-corrected chi connectivity index (χ3v) is 2.39. The van der Waals surface area contributed by atoms with E-state index in [1.807, 2.05) is 24.3 Å². The van der Waals surface area contributed by atoms with Crippen molar-refractivity contribution >= 4 is 11.6 Å². The van der Waals surface area contributed by atoms with E-state index in [0.717, 1.165) is 24.5 Å². The largest absolute Gasteiger partial charge is 0.374 e. The molecule has 0 fully saturated rings. The van der Waals surface area contributed by atoms with Crippen LogP contribution in [0.25, 0.3) is 0 Å². The molecule has 0 aliphatic heterocycles. The number of halogens is 1. The summed E-state index contributed by atoms with van der Waals surface area (Å²) < 4.78 is 5.72. The molecule has 0 aliphatic rings. The molecule has 14 heavy (non-hydrogen) atoms. The average Bonchev–Trinajstić information content (AvgIpc) is 2.21. The SMILES string of the molecule is CCCOC(CC)c1ccc(Cl)cc1. The van der Waals surface area contributed by atoms with Crippen LogP contribution in [0.1, 0.15) is 38.4 Å². The quantitative estimate of drug-likeness (QED) is 0.710. The lowest BCUT2D eigenvalue weighted by Crippen LogP contribution is -2.03. The molecule has 1 nitrogen and oxygen atoms in total. The predicted octanol–water partition coefficient (Wildman–Crippen LogP) is 4.22. The third kappa shape index (κ3) is 3.32. The predicted molar refractivity (Wildman–Crippen MR) is 60.7 cm³/mol. The van der Waals surface area contributed by atoms with Crippen LogP contribution in [-0.4, -0.2) is 6.61 Å². The summed E-state index contributed by atoms with van der Waals surface area (Å²) in [6.45, 7) is 5.07. The van der Waals surface area contributed by atoms with Crippen molar-refractivity contribution in [3.8, 4) is 0 Å². The summed E-state index contributed by atoms with van der Waals surface area (Å²) in [6, 6.07) is 7.89. The topological polar surface area (TPSA) is 9.23 Å². The molecule has 0 spiro atoms. The Kier molecular flexibility index (Phi) is 4.99. The van der Waals surface area contributed by atoms with Gasteiger partial charge in [-0.25, -0.2) is 0 Å². The van der Waals surface area contributed by atoms with Gasteiger partial charge in [0.1, 0.15) is 0 Å². The number of ether oxygens (including phenoxy) is 1. The van der Waals surface area contributed by atoms with E-state index < -0.39 is 0 Å². The lowest BCUT2D eigenvalue weighted by Gasteiger charge is -2.15. The highest BCUT2D eigenvalue weighted by Gasteiger charge is 2.08. The molecule has 0 heterocycles. The Bertz CT molecular complexity index is 256. The van der Waals surface area contributed by atoms with E-state index in [2.05, 4.69) is 13.8 Å². The molecule has 0 saturated carbocycles. The molecule has 78 valence electrons. The van der Waals surface area contributed by atoms with Gasteiger partial charge in [0, 0.05) is 11.6 Å². The molecule has 0 N–H and O–H groups in total. The normalized spacial score (nSPS) is 12.8. The summed E-state index contributed by atoms with van der Waals surface area (Å²) in [7, 11) is 0. The van der Waals surface area contributed by atoms with Crippen LogP contribution < -0.4 is 0 Å². The molecule has 1 aromatic rings. The molecule has 0 amide bonds. The third-order valence-electron chi connectivity index (χ3n) is 2.14. The van der Waals surface area contributed by atoms with Crippen molar-refractivity contribution in [2.75, 3.05) is 6.61 Å². The minimum atomic E-state index is 0.215. The second-order valence-corrected chi connectivity index (χ2v) is 3.76. The van der Waals surface area contributed by atoms with Crippen LogP contribution in [0.2, 0.25) is 5.02 Å². The van der Waals surface area contributed by atoms with Crippen LogP contribution in [0.4, 0.5) is 0 Å². The monoisotopic (exact) mass is 212 g/mol. The van der Waals surface area contributed by atoms with E-state index in [1.165, 1.54) is 5.56 Å². The van der Waals surface area contributed by atoms with Gasteiger partial charge in [-0.15, -0.1) is 0 Å². The van der Waals surface area contributed by atoms with Crippen molar-refractivity contribution in [3.63, 3.8) is 0 Å². The highest BCUT2D eigenvalue weighted by molar-refractivity contribution is 6.30. The minimum Gasteiger partial charge on any atom is -0.374 e. The van der Waals surface area contributed by atoms with Crippen molar-refractivity contribution in [2.45, 2.75) is 32.8 Å². The Morgan fingerprint density at radius 1 is 1.21 bits per heavy atom. The van der Waals surface area contributed by atoms with Gasteiger partial charge in [-0.3, -0.25) is 0 Å². The fourth-order valence-electron chi connectivity index (χ4n) is 1.39. The molecular formula is C12H17ClO. The maximum atomic E-state index is 5.82. The van der Waals surface area contributed by atoms with Gasteiger partial charge < -0.3 is 4.74 Å². The summed E-state index contributed by atoms with van der Waals surface area (Å²) in [5.41, 5.74) is 1.21. The molecule has 1 aromatic carbocycles. The standard InChI is InChI=1S/C12H17ClO/c1-3-9-14-12(4-2)10-5-7-11(13)8-6-10/h5-8,12H,3-4,9H2,1-2H3. The molecule has 0 aliphatic carbocycles. The highest BCUT2D eigenvalue weighted by Crippen LogP contribution is 2.22. The second kappa shape index (κ2) is 6.05. The average molecular weight is 213 g/mol. The van der Waals surface area contributed by atoms with Crippen LogP contribution in [0.3, 0.4) is 0 Å². The Hall–Kier alpha value is -0.530. The Balaban J connectivity index is 2.64. The van der Waals surface area contributed by atoms with Crippen molar-refractivity contribution in [1.29, 1.82) is 0 Å². The number of benzene rings is 1. The maximum absolute atomic E-state index is 5.82. The van der Waals surface area contributed by atoms with Crippen molar-refractivity contribution in [3.05, 3.63) is 34.9 Å². The van der Waals surface area contributed by atoms with E-state index in [0.29, 0.717) is 0 Å². The van der Waals surface area contributed by atoms with Crippen LogP contribution in [0.15, 0.2) is 24.3 Å². The smallest absolute Gasteiger partial charge is 0.0822 e. The zero-order valence-electron chi connectivity index (χ0n) is 8.79. The van der Waals surface area contributed by atoms with Gasteiger partial charge >= 0.3 is 0 Å². The molecule has 0 aromatic heterocycles. The summed E-state index contributed by atoms with van der Waals surface area (Å²) in [4.78, 5) is 0. The van der Waals surface area contributed by atoms with Gasteiger partial charge in [0.05, 0.1) is 6.10 Å². The first-order valence-electron chi connectivity index (χ1n) is 5.15. The fraction of sp³-hybridized carbons (Fsp3) is 0.500.